The van der Waals surface area contributed by atoms with Gasteiger partial charge in [0, 0.05) is 47.8 Å². The lowest BCUT2D eigenvalue weighted by atomic mass is 10.2. The monoisotopic (exact) mass is 324 g/mol. The highest BCUT2D eigenvalue weighted by Gasteiger charge is 2.10. The molecule has 118 valence electrons. The Balaban J connectivity index is 1.68. The minimum absolute atomic E-state index is 0.831. The van der Waals surface area contributed by atoms with Gasteiger partial charge in [-0.2, -0.15) is 0 Å². The molecular weight excluding hydrogens is 304 g/mol. The van der Waals surface area contributed by atoms with E-state index < -0.39 is 0 Å². The lowest BCUT2D eigenvalue weighted by Crippen LogP contribution is -2.12. The van der Waals surface area contributed by atoms with Gasteiger partial charge in [-0.25, -0.2) is 4.98 Å². The van der Waals surface area contributed by atoms with E-state index in [4.69, 9.17) is 4.98 Å². The van der Waals surface area contributed by atoms with Crippen LogP contribution in [0.2, 0.25) is 0 Å². The topological polar surface area (TPSA) is 50.7 Å². The van der Waals surface area contributed by atoms with Gasteiger partial charge in [0.1, 0.15) is 5.01 Å². The summed E-state index contributed by atoms with van der Waals surface area (Å²) >= 11 is 1.75. The van der Waals surface area contributed by atoms with Crippen LogP contribution in [-0.4, -0.2) is 15.0 Å². The van der Waals surface area contributed by atoms with Crippen molar-refractivity contribution in [3.8, 4) is 10.6 Å². The van der Waals surface area contributed by atoms with Gasteiger partial charge in [0.25, 0.3) is 0 Å². The number of hydrogen-bond donors (Lipinski definition) is 1. The van der Waals surface area contributed by atoms with E-state index in [2.05, 4.69) is 35.2 Å². The summed E-state index contributed by atoms with van der Waals surface area (Å²) in [5.74, 6) is 0. The van der Waals surface area contributed by atoms with Crippen molar-refractivity contribution in [2.45, 2.75) is 33.4 Å². The third kappa shape index (κ3) is 4.00. The third-order valence-electron chi connectivity index (χ3n) is 3.68. The van der Waals surface area contributed by atoms with Gasteiger partial charge in [-0.15, -0.1) is 11.3 Å². The average molecular weight is 324 g/mol. The smallest absolute Gasteiger partial charge is 0.124 e. The fraction of sp³-hybridized carbons (Fsp3) is 0.278. The van der Waals surface area contributed by atoms with Crippen molar-refractivity contribution in [2.75, 3.05) is 0 Å². The fourth-order valence-electron chi connectivity index (χ4n) is 2.34. The lowest BCUT2D eigenvalue weighted by Gasteiger charge is -2.03. The molecule has 0 spiro atoms. The minimum Gasteiger partial charge on any atom is -0.308 e. The highest BCUT2D eigenvalue weighted by molar-refractivity contribution is 7.15. The number of aromatic nitrogens is 3. The normalized spacial score (nSPS) is 10.9. The molecular formula is C18H20N4S. The van der Waals surface area contributed by atoms with Crippen LogP contribution in [0.25, 0.3) is 10.6 Å². The van der Waals surface area contributed by atoms with Crippen LogP contribution in [0, 0.1) is 6.92 Å². The van der Waals surface area contributed by atoms with E-state index in [1.165, 1.54) is 10.4 Å². The molecule has 3 aromatic rings. The molecule has 0 aliphatic heterocycles. The Labute approximate surface area is 140 Å². The maximum absolute atomic E-state index is 4.72. The Morgan fingerprint density at radius 2 is 1.91 bits per heavy atom. The predicted octanol–water partition coefficient (Wildman–Crippen LogP) is 3.76. The summed E-state index contributed by atoms with van der Waals surface area (Å²) in [6.45, 7) is 5.86. The summed E-state index contributed by atoms with van der Waals surface area (Å²) in [6, 6.07) is 8.22. The maximum Gasteiger partial charge on any atom is 0.124 e. The molecule has 0 fully saturated rings. The zero-order valence-electron chi connectivity index (χ0n) is 13.4. The SMILES string of the molecule is CCc1cc(-c2nc(C)c(CNCc3ccncc3)s2)ccn1. The second-order valence-electron chi connectivity index (χ2n) is 5.38. The molecule has 0 aliphatic carbocycles. The minimum atomic E-state index is 0.831. The molecule has 0 atom stereocenters. The van der Waals surface area contributed by atoms with E-state index in [1.807, 2.05) is 36.8 Å². The van der Waals surface area contributed by atoms with Crippen LogP contribution in [0.4, 0.5) is 0 Å². The van der Waals surface area contributed by atoms with Gasteiger partial charge in [-0.1, -0.05) is 6.92 Å². The number of aryl methyl sites for hydroxylation is 2. The molecule has 4 nitrogen and oxygen atoms in total. The van der Waals surface area contributed by atoms with Crippen LogP contribution in [0.3, 0.4) is 0 Å². The van der Waals surface area contributed by atoms with E-state index in [0.717, 1.165) is 41.5 Å². The average Bonchev–Trinajstić information content (AvgIpc) is 2.97. The summed E-state index contributed by atoms with van der Waals surface area (Å²) < 4.78 is 0. The summed E-state index contributed by atoms with van der Waals surface area (Å²) in [7, 11) is 0. The molecule has 0 aromatic carbocycles. The predicted molar refractivity (Wildman–Crippen MR) is 94.2 cm³/mol. The van der Waals surface area contributed by atoms with E-state index in [-0.39, 0.29) is 0 Å². The molecule has 0 unspecified atom stereocenters. The third-order valence-corrected chi connectivity index (χ3v) is 4.89. The first-order chi connectivity index (χ1) is 11.3. The standard InChI is InChI=1S/C18H20N4S/c1-3-16-10-15(6-9-21-16)18-22-13(2)17(23-18)12-20-11-14-4-7-19-8-5-14/h4-10,20H,3,11-12H2,1-2H3. The zero-order valence-corrected chi connectivity index (χ0v) is 14.2. The Morgan fingerprint density at radius 1 is 1.09 bits per heavy atom. The quantitative estimate of drug-likeness (QED) is 0.750. The summed E-state index contributed by atoms with van der Waals surface area (Å²) in [6.07, 6.45) is 6.45. The first-order valence-corrected chi connectivity index (χ1v) is 8.59. The molecule has 23 heavy (non-hydrogen) atoms. The van der Waals surface area contributed by atoms with Crippen molar-refractivity contribution in [2.24, 2.45) is 0 Å². The molecule has 3 rings (SSSR count). The molecule has 0 saturated heterocycles. The Morgan fingerprint density at radius 3 is 2.70 bits per heavy atom. The van der Waals surface area contributed by atoms with Crippen molar-refractivity contribution >= 4 is 11.3 Å². The summed E-state index contributed by atoms with van der Waals surface area (Å²) in [5, 5.41) is 4.55. The van der Waals surface area contributed by atoms with Crippen LogP contribution < -0.4 is 5.32 Å². The van der Waals surface area contributed by atoms with Gasteiger partial charge < -0.3 is 5.32 Å². The van der Waals surface area contributed by atoms with Crippen molar-refractivity contribution in [1.82, 2.24) is 20.3 Å². The van der Waals surface area contributed by atoms with Crippen LogP contribution in [0.1, 0.15) is 28.8 Å². The Bertz CT molecular complexity index is 768. The highest BCUT2D eigenvalue weighted by Crippen LogP contribution is 2.28. The number of nitrogens with zero attached hydrogens (tertiary/aromatic N) is 3. The molecule has 0 saturated carbocycles. The van der Waals surface area contributed by atoms with E-state index in [0.29, 0.717) is 0 Å². The molecule has 5 heteroatoms. The van der Waals surface area contributed by atoms with Crippen LogP contribution in [0.5, 0.6) is 0 Å². The summed E-state index contributed by atoms with van der Waals surface area (Å²) in [4.78, 5) is 14.4. The number of nitrogens with one attached hydrogen (secondary N) is 1. The summed E-state index contributed by atoms with van der Waals surface area (Å²) in [5.41, 5.74) is 4.60. The van der Waals surface area contributed by atoms with Crippen molar-refractivity contribution in [1.29, 1.82) is 0 Å². The van der Waals surface area contributed by atoms with Gasteiger partial charge in [0.15, 0.2) is 0 Å². The largest absolute Gasteiger partial charge is 0.308 e. The number of pyridine rings is 2. The second kappa shape index (κ2) is 7.44. The van der Waals surface area contributed by atoms with Gasteiger partial charge in [-0.3, -0.25) is 9.97 Å². The maximum atomic E-state index is 4.72. The first kappa shape index (κ1) is 15.8. The van der Waals surface area contributed by atoms with E-state index in [1.54, 1.807) is 11.3 Å². The molecule has 0 aliphatic rings. The number of rotatable bonds is 6. The molecule has 0 amide bonds. The van der Waals surface area contributed by atoms with Gasteiger partial charge in [0.2, 0.25) is 0 Å². The van der Waals surface area contributed by atoms with Crippen LogP contribution >= 0.6 is 11.3 Å². The molecule has 0 bridgehead atoms. The van der Waals surface area contributed by atoms with Gasteiger partial charge >= 0.3 is 0 Å². The van der Waals surface area contributed by atoms with Crippen molar-refractivity contribution in [3.63, 3.8) is 0 Å². The number of thiazole rings is 1. The number of hydrogen-bond acceptors (Lipinski definition) is 5. The van der Waals surface area contributed by atoms with Gasteiger partial charge in [0.05, 0.1) is 5.69 Å². The van der Waals surface area contributed by atoms with Gasteiger partial charge in [-0.05, 0) is 43.2 Å². The second-order valence-corrected chi connectivity index (χ2v) is 6.46. The van der Waals surface area contributed by atoms with E-state index in [9.17, 15) is 0 Å². The zero-order chi connectivity index (χ0) is 16.1. The van der Waals surface area contributed by atoms with Crippen molar-refractivity contribution < 1.29 is 0 Å². The van der Waals surface area contributed by atoms with E-state index >= 15 is 0 Å². The Hall–Kier alpha value is -2.11. The van der Waals surface area contributed by atoms with Crippen molar-refractivity contribution in [3.05, 3.63) is 64.7 Å². The molecule has 1 N–H and O–H groups in total. The lowest BCUT2D eigenvalue weighted by molar-refractivity contribution is 0.696. The first-order valence-electron chi connectivity index (χ1n) is 7.77. The highest BCUT2D eigenvalue weighted by atomic mass is 32.1. The van der Waals surface area contributed by atoms with Crippen LogP contribution in [0.15, 0.2) is 42.9 Å². The molecule has 3 aromatic heterocycles. The fourth-order valence-corrected chi connectivity index (χ4v) is 3.37. The van der Waals surface area contributed by atoms with Crippen LogP contribution in [-0.2, 0) is 19.5 Å². The molecule has 3 heterocycles. The molecule has 0 radical (unpaired) electrons. The Kier molecular flexibility index (Phi) is 5.10.